The SMILES string of the molecule is Cc1cc(N2CCOC(c3ccccc3F)C2)ccn1. The minimum atomic E-state index is -0.224. The zero-order valence-corrected chi connectivity index (χ0v) is 11.4. The van der Waals surface area contributed by atoms with Crippen LogP contribution in [0.3, 0.4) is 0 Å². The smallest absolute Gasteiger partial charge is 0.129 e. The Morgan fingerprint density at radius 3 is 2.95 bits per heavy atom. The predicted octanol–water partition coefficient (Wildman–Crippen LogP) is 3.11. The minimum absolute atomic E-state index is 0.203. The molecule has 1 unspecified atom stereocenters. The fourth-order valence-corrected chi connectivity index (χ4v) is 2.54. The maximum atomic E-state index is 13.9. The molecule has 1 fully saturated rings. The third-order valence-electron chi connectivity index (χ3n) is 3.56. The number of halogens is 1. The number of rotatable bonds is 2. The van der Waals surface area contributed by atoms with Gasteiger partial charge in [-0.3, -0.25) is 4.98 Å². The molecule has 3 nitrogen and oxygen atoms in total. The molecule has 1 aromatic heterocycles. The quantitative estimate of drug-likeness (QED) is 0.840. The summed E-state index contributed by atoms with van der Waals surface area (Å²) in [5.74, 6) is -0.203. The van der Waals surface area contributed by atoms with Gasteiger partial charge in [-0.1, -0.05) is 18.2 Å². The van der Waals surface area contributed by atoms with Gasteiger partial charge < -0.3 is 9.64 Å². The largest absolute Gasteiger partial charge is 0.370 e. The Balaban J connectivity index is 1.82. The number of ether oxygens (including phenoxy) is 1. The van der Waals surface area contributed by atoms with E-state index in [0.717, 1.165) is 17.9 Å². The Bertz CT molecular complexity index is 603. The van der Waals surface area contributed by atoms with Crippen molar-refractivity contribution < 1.29 is 9.13 Å². The van der Waals surface area contributed by atoms with Crippen molar-refractivity contribution in [2.45, 2.75) is 13.0 Å². The molecule has 0 aliphatic carbocycles. The van der Waals surface area contributed by atoms with E-state index in [1.165, 1.54) is 6.07 Å². The number of morpholine rings is 1. The van der Waals surface area contributed by atoms with Gasteiger partial charge in [-0.25, -0.2) is 4.39 Å². The third-order valence-corrected chi connectivity index (χ3v) is 3.56. The lowest BCUT2D eigenvalue weighted by Crippen LogP contribution is -2.38. The van der Waals surface area contributed by atoms with Crippen LogP contribution in [-0.2, 0) is 4.74 Å². The molecule has 1 aromatic carbocycles. The summed E-state index contributed by atoms with van der Waals surface area (Å²) in [6.07, 6.45) is 1.58. The van der Waals surface area contributed by atoms with E-state index < -0.39 is 0 Å². The van der Waals surface area contributed by atoms with E-state index in [2.05, 4.69) is 9.88 Å². The molecular formula is C16H17FN2O. The van der Waals surface area contributed by atoms with E-state index >= 15 is 0 Å². The van der Waals surface area contributed by atoms with Crippen LogP contribution in [0.15, 0.2) is 42.6 Å². The lowest BCUT2D eigenvalue weighted by molar-refractivity contribution is 0.0375. The van der Waals surface area contributed by atoms with Gasteiger partial charge in [0.25, 0.3) is 0 Å². The first kappa shape index (κ1) is 13.1. The number of hydrogen-bond acceptors (Lipinski definition) is 3. The van der Waals surface area contributed by atoms with E-state index in [1.807, 2.05) is 25.1 Å². The van der Waals surface area contributed by atoms with Crippen LogP contribution in [-0.4, -0.2) is 24.7 Å². The molecule has 0 amide bonds. The Morgan fingerprint density at radius 2 is 2.15 bits per heavy atom. The number of pyridine rings is 1. The highest BCUT2D eigenvalue weighted by Gasteiger charge is 2.24. The monoisotopic (exact) mass is 272 g/mol. The summed E-state index contributed by atoms with van der Waals surface area (Å²) in [5, 5.41) is 0. The van der Waals surface area contributed by atoms with E-state index in [9.17, 15) is 4.39 Å². The van der Waals surface area contributed by atoms with Gasteiger partial charge in [-0.05, 0) is 25.1 Å². The van der Waals surface area contributed by atoms with Crippen molar-refractivity contribution >= 4 is 5.69 Å². The van der Waals surface area contributed by atoms with E-state index in [0.29, 0.717) is 18.7 Å². The maximum Gasteiger partial charge on any atom is 0.129 e. The molecule has 1 atom stereocenters. The first-order valence-electron chi connectivity index (χ1n) is 6.77. The highest BCUT2D eigenvalue weighted by Crippen LogP contribution is 2.27. The molecule has 0 N–H and O–H groups in total. The average molecular weight is 272 g/mol. The third kappa shape index (κ3) is 2.65. The molecule has 20 heavy (non-hydrogen) atoms. The predicted molar refractivity (Wildman–Crippen MR) is 76.3 cm³/mol. The molecule has 1 aliphatic heterocycles. The zero-order valence-electron chi connectivity index (χ0n) is 11.4. The van der Waals surface area contributed by atoms with Gasteiger partial charge in [-0.2, -0.15) is 0 Å². The molecule has 0 radical (unpaired) electrons. The number of aryl methyl sites for hydroxylation is 1. The molecule has 2 aromatic rings. The highest BCUT2D eigenvalue weighted by atomic mass is 19.1. The summed E-state index contributed by atoms with van der Waals surface area (Å²) in [4.78, 5) is 6.43. The average Bonchev–Trinajstić information content (AvgIpc) is 2.48. The van der Waals surface area contributed by atoms with Crippen molar-refractivity contribution in [1.82, 2.24) is 4.98 Å². The van der Waals surface area contributed by atoms with Crippen molar-refractivity contribution in [3.8, 4) is 0 Å². The van der Waals surface area contributed by atoms with Crippen LogP contribution in [0.2, 0.25) is 0 Å². The van der Waals surface area contributed by atoms with Crippen LogP contribution in [0.1, 0.15) is 17.4 Å². The molecular weight excluding hydrogens is 255 g/mol. The van der Waals surface area contributed by atoms with Gasteiger partial charge in [0, 0.05) is 36.2 Å². The Hall–Kier alpha value is -1.94. The normalized spacial score (nSPS) is 19.1. The van der Waals surface area contributed by atoms with Crippen molar-refractivity contribution in [2.75, 3.05) is 24.6 Å². The Kier molecular flexibility index (Phi) is 3.65. The standard InChI is InChI=1S/C16H17FN2O/c1-12-10-13(6-7-18-12)19-8-9-20-16(11-19)14-4-2-3-5-15(14)17/h2-7,10,16H,8-9,11H2,1H3. The fourth-order valence-electron chi connectivity index (χ4n) is 2.54. The van der Waals surface area contributed by atoms with Crippen LogP contribution in [0.25, 0.3) is 0 Å². The second kappa shape index (κ2) is 5.59. The van der Waals surface area contributed by atoms with E-state index in [4.69, 9.17) is 4.74 Å². The summed E-state index contributed by atoms with van der Waals surface area (Å²) in [7, 11) is 0. The number of nitrogens with zero attached hydrogens (tertiary/aromatic N) is 2. The number of hydrogen-bond donors (Lipinski definition) is 0. The molecule has 2 heterocycles. The highest BCUT2D eigenvalue weighted by molar-refractivity contribution is 5.47. The van der Waals surface area contributed by atoms with Crippen LogP contribution >= 0.6 is 0 Å². The summed E-state index contributed by atoms with van der Waals surface area (Å²) in [5.41, 5.74) is 2.72. The number of benzene rings is 1. The van der Waals surface area contributed by atoms with Crippen molar-refractivity contribution in [2.24, 2.45) is 0 Å². The van der Waals surface area contributed by atoms with Crippen LogP contribution < -0.4 is 4.90 Å². The van der Waals surface area contributed by atoms with Gasteiger partial charge in [0.2, 0.25) is 0 Å². The van der Waals surface area contributed by atoms with Crippen molar-refractivity contribution in [1.29, 1.82) is 0 Å². The summed E-state index contributed by atoms with van der Waals surface area (Å²) >= 11 is 0. The molecule has 0 bridgehead atoms. The second-order valence-electron chi connectivity index (χ2n) is 4.98. The van der Waals surface area contributed by atoms with Crippen molar-refractivity contribution in [3.05, 3.63) is 59.7 Å². The fraction of sp³-hybridized carbons (Fsp3) is 0.312. The number of anilines is 1. The van der Waals surface area contributed by atoms with Gasteiger partial charge in [0.15, 0.2) is 0 Å². The Morgan fingerprint density at radius 1 is 1.30 bits per heavy atom. The van der Waals surface area contributed by atoms with Gasteiger partial charge in [0.1, 0.15) is 11.9 Å². The second-order valence-corrected chi connectivity index (χ2v) is 4.98. The molecule has 0 spiro atoms. The number of aromatic nitrogens is 1. The van der Waals surface area contributed by atoms with Gasteiger partial charge in [-0.15, -0.1) is 0 Å². The lowest BCUT2D eigenvalue weighted by Gasteiger charge is -2.34. The van der Waals surface area contributed by atoms with Crippen LogP contribution in [0, 0.1) is 12.7 Å². The molecule has 4 heteroatoms. The van der Waals surface area contributed by atoms with E-state index in [-0.39, 0.29) is 11.9 Å². The van der Waals surface area contributed by atoms with Gasteiger partial charge >= 0.3 is 0 Å². The van der Waals surface area contributed by atoms with Gasteiger partial charge in [0.05, 0.1) is 6.61 Å². The van der Waals surface area contributed by atoms with E-state index in [1.54, 1.807) is 18.3 Å². The Labute approximate surface area is 118 Å². The minimum Gasteiger partial charge on any atom is -0.370 e. The molecule has 3 rings (SSSR count). The first-order valence-corrected chi connectivity index (χ1v) is 6.77. The summed E-state index contributed by atoms with van der Waals surface area (Å²) in [6, 6.07) is 10.8. The molecule has 1 saturated heterocycles. The van der Waals surface area contributed by atoms with Crippen molar-refractivity contribution in [3.63, 3.8) is 0 Å². The topological polar surface area (TPSA) is 25.4 Å². The summed E-state index contributed by atoms with van der Waals surface area (Å²) in [6.45, 7) is 4.04. The maximum absolute atomic E-state index is 13.9. The molecule has 1 aliphatic rings. The van der Waals surface area contributed by atoms with Crippen LogP contribution in [0.5, 0.6) is 0 Å². The first-order chi connectivity index (χ1) is 9.74. The summed E-state index contributed by atoms with van der Waals surface area (Å²) < 4.78 is 19.6. The molecule has 104 valence electrons. The zero-order chi connectivity index (χ0) is 13.9. The lowest BCUT2D eigenvalue weighted by atomic mass is 10.1. The van der Waals surface area contributed by atoms with Crippen LogP contribution in [0.4, 0.5) is 10.1 Å². The molecule has 0 saturated carbocycles.